The summed E-state index contributed by atoms with van der Waals surface area (Å²) in [5.74, 6) is 0.938. The third-order valence-corrected chi connectivity index (χ3v) is 5.27. The zero-order valence-electron chi connectivity index (χ0n) is 15.0. The van der Waals surface area contributed by atoms with Gasteiger partial charge in [-0.05, 0) is 35.9 Å². The Kier molecular flexibility index (Phi) is 6.09. The average Bonchev–Trinajstić information content (AvgIpc) is 2.71. The summed E-state index contributed by atoms with van der Waals surface area (Å²) in [6.45, 7) is 0. The minimum absolute atomic E-state index is 0.208. The molecule has 0 bridgehead atoms. The molecule has 0 amide bonds. The summed E-state index contributed by atoms with van der Waals surface area (Å²) in [6, 6.07) is 19.1. The lowest BCUT2D eigenvalue weighted by Crippen LogP contribution is -2.07. The number of alkyl halides is 3. The largest absolute Gasteiger partial charge is 0.497 e. The maximum atomic E-state index is 12.9. The molecule has 0 aliphatic heterocycles. The second kappa shape index (κ2) is 8.52. The van der Waals surface area contributed by atoms with Gasteiger partial charge in [-0.15, -0.1) is 11.8 Å². The van der Waals surface area contributed by atoms with Gasteiger partial charge in [-0.25, -0.2) is 0 Å². The van der Waals surface area contributed by atoms with Gasteiger partial charge in [0.25, 0.3) is 0 Å². The summed E-state index contributed by atoms with van der Waals surface area (Å²) in [6.07, 6.45) is -4.43. The molecule has 0 heterocycles. The SMILES string of the molecule is COc1ccc(C(=O)c2ccc(C(F)(F)F)cc2)c(SCc2ccccc2)c1. The monoisotopic (exact) mass is 402 g/mol. The lowest BCUT2D eigenvalue weighted by molar-refractivity contribution is -0.137. The van der Waals surface area contributed by atoms with E-state index in [1.165, 1.54) is 23.9 Å². The molecule has 0 aromatic heterocycles. The minimum atomic E-state index is -4.43. The second-order valence-corrected chi connectivity index (χ2v) is 7.06. The Morgan fingerprint density at radius 3 is 2.25 bits per heavy atom. The molecule has 144 valence electrons. The van der Waals surface area contributed by atoms with Crippen molar-refractivity contribution < 1.29 is 22.7 Å². The first-order valence-electron chi connectivity index (χ1n) is 8.45. The number of halogens is 3. The van der Waals surface area contributed by atoms with Crippen molar-refractivity contribution in [2.24, 2.45) is 0 Å². The molecule has 6 heteroatoms. The molecule has 3 rings (SSSR count). The van der Waals surface area contributed by atoms with Crippen LogP contribution >= 0.6 is 11.8 Å². The van der Waals surface area contributed by atoms with Crippen molar-refractivity contribution in [2.75, 3.05) is 7.11 Å². The molecule has 0 radical (unpaired) electrons. The van der Waals surface area contributed by atoms with Crippen LogP contribution in [-0.2, 0) is 11.9 Å². The Bertz CT molecular complexity index is 952. The molecule has 0 aliphatic rings. The van der Waals surface area contributed by atoms with E-state index in [1.807, 2.05) is 30.3 Å². The summed E-state index contributed by atoms with van der Waals surface area (Å²) >= 11 is 1.48. The van der Waals surface area contributed by atoms with Gasteiger partial charge < -0.3 is 4.74 Å². The molecule has 2 nitrogen and oxygen atoms in total. The zero-order chi connectivity index (χ0) is 20.1. The van der Waals surface area contributed by atoms with E-state index in [4.69, 9.17) is 4.74 Å². The van der Waals surface area contributed by atoms with Crippen molar-refractivity contribution in [3.8, 4) is 5.75 Å². The van der Waals surface area contributed by atoms with Crippen molar-refractivity contribution in [3.63, 3.8) is 0 Å². The Hall–Kier alpha value is -2.73. The summed E-state index contributed by atoms with van der Waals surface area (Å²) in [4.78, 5) is 13.6. The first-order valence-corrected chi connectivity index (χ1v) is 9.44. The van der Waals surface area contributed by atoms with Crippen LogP contribution in [0.2, 0.25) is 0 Å². The lowest BCUT2D eigenvalue weighted by Gasteiger charge is -2.12. The Morgan fingerprint density at radius 2 is 1.64 bits per heavy atom. The lowest BCUT2D eigenvalue weighted by atomic mass is 10.0. The van der Waals surface area contributed by atoms with Gasteiger partial charge in [0.2, 0.25) is 0 Å². The number of methoxy groups -OCH3 is 1. The van der Waals surface area contributed by atoms with E-state index < -0.39 is 11.7 Å². The number of hydrogen-bond donors (Lipinski definition) is 0. The topological polar surface area (TPSA) is 26.3 Å². The quantitative estimate of drug-likeness (QED) is 0.361. The molecule has 3 aromatic carbocycles. The van der Waals surface area contributed by atoms with Crippen LogP contribution in [0.5, 0.6) is 5.75 Å². The van der Waals surface area contributed by atoms with E-state index in [0.29, 0.717) is 22.0 Å². The predicted molar refractivity (Wildman–Crippen MR) is 104 cm³/mol. The second-order valence-electron chi connectivity index (χ2n) is 6.04. The van der Waals surface area contributed by atoms with E-state index >= 15 is 0 Å². The van der Waals surface area contributed by atoms with Crippen molar-refractivity contribution in [2.45, 2.75) is 16.8 Å². The molecule has 0 saturated heterocycles. The fourth-order valence-corrected chi connectivity index (χ4v) is 3.67. The number of rotatable bonds is 6. The highest BCUT2D eigenvalue weighted by Gasteiger charge is 2.30. The summed E-state index contributed by atoms with van der Waals surface area (Å²) in [5.41, 5.74) is 0.960. The summed E-state index contributed by atoms with van der Waals surface area (Å²) < 4.78 is 43.5. The minimum Gasteiger partial charge on any atom is -0.497 e. The highest BCUT2D eigenvalue weighted by Crippen LogP contribution is 2.33. The molecule has 0 saturated carbocycles. The maximum Gasteiger partial charge on any atom is 0.416 e. The van der Waals surface area contributed by atoms with Crippen LogP contribution in [0.3, 0.4) is 0 Å². The third kappa shape index (κ3) is 4.75. The van der Waals surface area contributed by atoms with E-state index in [2.05, 4.69) is 0 Å². The van der Waals surface area contributed by atoms with Gasteiger partial charge in [0, 0.05) is 21.8 Å². The van der Waals surface area contributed by atoms with E-state index in [0.717, 1.165) is 17.7 Å². The molecule has 0 N–H and O–H groups in total. The molecule has 0 spiro atoms. The number of hydrogen-bond acceptors (Lipinski definition) is 3. The molecule has 28 heavy (non-hydrogen) atoms. The molecular formula is C22H17F3O2S. The summed E-state index contributed by atoms with van der Waals surface area (Å²) in [5, 5.41) is 0. The van der Waals surface area contributed by atoms with Crippen LogP contribution in [0.25, 0.3) is 0 Å². The molecule has 3 aromatic rings. The first-order chi connectivity index (χ1) is 13.4. The maximum absolute atomic E-state index is 12.9. The normalized spacial score (nSPS) is 11.3. The fraction of sp³-hybridized carbons (Fsp3) is 0.136. The number of thioether (sulfide) groups is 1. The number of ether oxygens (including phenoxy) is 1. The zero-order valence-corrected chi connectivity index (χ0v) is 15.8. The van der Waals surface area contributed by atoms with Crippen molar-refractivity contribution in [1.29, 1.82) is 0 Å². The van der Waals surface area contributed by atoms with Crippen LogP contribution in [0, 0.1) is 0 Å². The molecule has 0 atom stereocenters. The number of ketones is 1. The molecule has 0 fully saturated rings. The number of benzene rings is 3. The fourth-order valence-electron chi connectivity index (χ4n) is 2.64. The van der Waals surface area contributed by atoms with Crippen LogP contribution in [0.4, 0.5) is 13.2 Å². The van der Waals surface area contributed by atoms with Crippen molar-refractivity contribution in [3.05, 3.63) is 95.1 Å². The van der Waals surface area contributed by atoms with Gasteiger partial charge >= 0.3 is 6.18 Å². The number of carbonyl (C=O) groups excluding carboxylic acids is 1. The van der Waals surface area contributed by atoms with E-state index in [9.17, 15) is 18.0 Å². The summed E-state index contributed by atoms with van der Waals surface area (Å²) in [7, 11) is 1.54. The van der Waals surface area contributed by atoms with Gasteiger partial charge in [0.15, 0.2) is 5.78 Å². The van der Waals surface area contributed by atoms with Gasteiger partial charge in [0.1, 0.15) is 5.75 Å². The van der Waals surface area contributed by atoms with Gasteiger partial charge in [-0.3, -0.25) is 4.79 Å². The van der Waals surface area contributed by atoms with E-state index in [-0.39, 0.29) is 11.3 Å². The smallest absolute Gasteiger partial charge is 0.416 e. The van der Waals surface area contributed by atoms with Crippen LogP contribution in [0.15, 0.2) is 77.7 Å². The highest BCUT2D eigenvalue weighted by molar-refractivity contribution is 7.98. The van der Waals surface area contributed by atoms with Crippen LogP contribution in [-0.4, -0.2) is 12.9 Å². The van der Waals surface area contributed by atoms with E-state index in [1.54, 1.807) is 25.3 Å². The van der Waals surface area contributed by atoms with Crippen LogP contribution in [0.1, 0.15) is 27.0 Å². The van der Waals surface area contributed by atoms with Crippen LogP contribution < -0.4 is 4.74 Å². The predicted octanol–water partition coefficient (Wildman–Crippen LogP) is 6.24. The number of carbonyl (C=O) groups is 1. The third-order valence-electron chi connectivity index (χ3n) is 4.14. The van der Waals surface area contributed by atoms with Crippen molar-refractivity contribution >= 4 is 17.5 Å². The van der Waals surface area contributed by atoms with Crippen molar-refractivity contribution in [1.82, 2.24) is 0 Å². The highest BCUT2D eigenvalue weighted by atomic mass is 32.2. The van der Waals surface area contributed by atoms with Gasteiger partial charge in [-0.2, -0.15) is 13.2 Å². The Balaban J connectivity index is 1.88. The van der Waals surface area contributed by atoms with Gasteiger partial charge in [0.05, 0.1) is 12.7 Å². The molecule has 0 aliphatic carbocycles. The standard InChI is InChI=1S/C22H17F3O2S/c1-27-18-11-12-19(20(13-18)28-14-15-5-3-2-4-6-15)21(26)16-7-9-17(10-8-16)22(23,24)25/h2-13H,14H2,1H3. The average molecular weight is 402 g/mol. The first kappa shape index (κ1) is 20.0. The Labute approximate surface area is 165 Å². The Morgan fingerprint density at radius 1 is 0.964 bits per heavy atom. The molecule has 0 unspecified atom stereocenters. The molecular weight excluding hydrogens is 385 g/mol. The van der Waals surface area contributed by atoms with Gasteiger partial charge in [-0.1, -0.05) is 42.5 Å².